The van der Waals surface area contributed by atoms with E-state index < -0.39 is 12.3 Å². The van der Waals surface area contributed by atoms with E-state index in [0.29, 0.717) is 12.1 Å². The van der Waals surface area contributed by atoms with Crippen LogP contribution in [0.3, 0.4) is 0 Å². The third-order valence-electron chi connectivity index (χ3n) is 5.34. The molecule has 0 spiro atoms. The van der Waals surface area contributed by atoms with E-state index in [4.69, 9.17) is 0 Å². The van der Waals surface area contributed by atoms with Gasteiger partial charge in [0.05, 0.1) is 6.10 Å². The molecule has 1 atom stereocenters. The number of phenols is 1. The van der Waals surface area contributed by atoms with Crippen molar-refractivity contribution in [3.63, 3.8) is 0 Å². The zero-order chi connectivity index (χ0) is 19.5. The SMILES string of the molecule is Cc1ccccc1N1CCN(CC(O)c2ccc(O)c(C3N=NN=N3)c2)CC1. The number of aromatic hydroxyl groups is 1. The normalized spacial score (nSPS) is 18.7. The van der Waals surface area contributed by atoms with Gasteiger partial charge in [-0.2, -0.15) is 0 Å². The van der Waals surface area contributed by atoms with Crippen molar-refractivity contribution in [1.82, 2.24) is 4.90 Å². The fourth-order valence-corrected chi connectivity index (χ4v) is 3.72. The second-order valence-corrected chi connectivity index (χ2v) is 7.19. The molecule has 8 nitrogen and oxygen atoms in total. The zero-order valence-corrected chi connectivity index (χ0v) is 15.8. The number of hydrogen-bond acceptors (Lipinski definition) is 8. The van der Waals surface area contributed by atoms with Crippen LogP contribution in [0.5, 0.6) is 5.75 Å². The molecule has 0 radical (unpaired) electrons. The van der Waals surface area contributed by atoms with Gasteiger partial charge in [-0.05, 0) is 46.7 Å². The summed E-state index contributed by atoms with van der Waals surface area (Å²) in [6.07, 6.45) is -1.29. The molecule has 28 heavy (non-hydrogen) atoms. The molecule has 2 aromatic carbocycles. The lowest BCUT2D eigenvalue weighted by Gasteiger charge is -2.37. The van der Waals surface area contributed by atoms with Gasteiger partial charge in [0.1, 0.15) is 5.75 Å². The van der Waals surface area contributed by atoms with Crippen LogP contribution in [0, 0.1) is 6.92 Å². The number of phenolic OH excluding ortho intramolecular Hbond substituents is 1. The van der Waals surface area contributed by atoms with Gasteiger partial charge in [0.2, 0.25) is 6.17 Å². The van der Waals surface area contributed by atoms with Gasteiger partial charge in [0.25, 0.3) is 0 Å². The summed E-state index contributed by atoms with van der Waals surface area (Å²) in [5.74, 6) is 0.0765. The number of hydrogen-bond donors (Lipinski definition) is 2. The highest BCUT2D eigenvalue weighted by molar-refractivity contribution is 5.53. The summed E-state index contributed by atoms with van der Waals surface area (Å²) in [6, 6.07) is 13.5. The third kappa shape index (κ3) is 3.88. The first-order valence-corrected chi connectivity index (χ1v) is 9.45. The smallest absolute Gasteiger partial charge is 0.213 e. The molecule has 2 N–H and O–H groups in total. The molecule has 1 saturated heterocycles. The third-order valence-corrected chi connectivity index (χ3v) is 5.34. The van der Waals surface area contributed by atoms with Crippen LogP contribution in [0.2, 0.25) is 0 Å². The van der Waals surface area contributed by atoms with Crippen LogP contribution >= 0.6 is 0 Å². The second-order valence-electron chi connectivity index (χ2n) is 7.19. The summed E-state index contributed by atoms with van der Waals surface area (Å²) < 4.78 is 0. The number of rotatable bonds is 5. The molecule has 8 heteroatoms. The number of aliphatic hydroxyl groups is 1. The highest BCUT2D eigenvalue weighted by Gasteiger charge is 2.23. The van der Waals surface area contributed by atoms with Crippen LogP contribution in [0.1, 0.15) is 29.0 Å². The van der Waals surface area contributed by atoms with Crippen molar-refractivity contribution in [3.05, 3.63) is 59.2 Å². The maximum atomic E-state index is 10.7. The maximum absolute atomic E-state index is 10.7. The molecule has 2 aliphatic heterocycles. The Bertz CT molecular complexity index is 880. The van der Waals surface area contributed by atoms with Crippen LogP contribution in [0.4, 0.5) is 5.69 Å². The van der Waals surface area contributed by atoms with E-state index in [2.05, 4.69) is 61.7 Å². The van der Waals surface area contributed by atoms with E-state index in [9.17, 15) is 10.2 Å². The Labute approximate surface area is 163 Å². The zero-order valence-electron chi connectivity index (χ0n) is 15.8. The number of nitrogens with zero attached hydrogens (tertiary/aromatic N) is 6. The molecule has 0 aliphatic carbocycles. The van der Waals surface area contributed by atoms with Crippen LogP contribution in [-0.2, 0) is 0 Å². The molecule has 1 fully saturated rings. The van der Waals surface area contributed by atoms with Gasteiger partial charge in [-0.15, -0.1) is 10.2 Å². The van der Waals surface area contributed by atoms with Crippen molar-refractivity contribution in [2.45, 2.75) is 19.2 Å². The number of β-amino-alcohol motifs (C(OH)–C–C–N with tert-alkyl or cyclic N) is 1. The Balaban J connectivity index is 1.38. The lowest BCUT2D eigenvalue weighted by molar-refractivity contribution is 0.109. The minimum absolute atomic E-state index is 0.0765. The van der Waals surface area contributed by atoms with Crippen molar-refractivity contribution >= 4 is 5.69 Å². The van der Waals surface area contributed by atoms with Gasteiger partial charge in [-0.1, -0.05) is 24.3 Å². The monoisotopic (exact) mass is 380 g/mol. The summed E-state index contributed by atoms with van der Waals surface area (Å²) in [7, 11) is 0. The topological polar surface area (TPSA) is 96.4 Å². The van der Waals surface area contributed by atoms with Gasteiger partial charge in [-0.3, -0.25) is 4.90 Å². The largest absolute Gasteiger partial charge is 0.508 e. The van der Waals surface area contributed by atoms with Gasteiger partial charge in [0.15, 0.2) is 0 Å². The standard InChI is InChI=1S/C20H24N6O2/c1-14-4-2-3-5-17(14)26-10-8-25(9-11-26)13-19(28)15-6-7-18(27)16(12-15)20-21-23-24-22-20/h2-7,12,19-20,27-28H,8-11,13H2,1H3. The number of aryl methyl sites for hydroxylation is 1. The minimum atomic E-state index is -0.653. The van der Waals surface area contributed by atoms with Gasteiger partial charge in [0, 0.05) is 44.0 Å². The molecular formula is C20H24N6O2. The molecule has 146 valence electrons. The van der Waals surface area contributed by atoms with Crippen molar-refractivity contribution in [2.75, 3.05) is 37.6 Å². The van der Waals surface area contributed by atoms with Gasteiger partial charge < -0.3 is 15.1 Å². The lowest BCUT2D eigenvalue weighted by Crippen LogP contribution is -2.47. The Morgan fingerprint density at radius 2 is 1.75 bits per heavy atom. The van der Waals surface area contributed by atoms with Gasteiger partial charge >= 0.3 is 0 Å². The first kappa shape index (κ1) is 18.5. The molecule has 0 bridgehead atoms. The summed E-state index contributed by atoms with van der Waals surface area (Å²) >= 11 is 0. The highest BCUT2D eigenvalue weighted by Crippen LogP contribution is 2.33. The van der Waals surface area contributed by atoms with Crippen LogP contribution in [0.15, 0.2) is 63.1 Å². The lowest BCUT2D eigenvalue weighted by atomic mass is 10.0. The number of para-hydroxylation sites is 1. The molecule has 4 rings (SSSR count). The summed E-state index contributed by atoms with van der Waals surface area (Å²) in [5.41, 5.74) is 3.80. The Morgan fingerprint density at radius 3 is 2.46 bits per heavy atom. The molecule has 1 unspecified atom stereocenters. The second kappa shape index (κ2) is 8.04. The van der Waals surface area contributed by atoms with E-state index >= 15 is 0 Å². The fourth-order valence-electron chi connectivity index (χ4n) is 3.72. The highest BCUT2D eigenvalue weighted by atomic mass is 16.3. The Kier molecular flexibility index (Phi) is 5.31. The van der Waals surface area contributed by atoms with Crippen molar-refractivity contribution in [1.29, 1.82) is 0 Å². The van der Waals surface area contributed by atoms with Gasteiger partial charge in [-0.25, -0.2) is 0 Å². The van der Waals surface area contributed by atoms with Crippen LogP contribution in [0.25, 0.3) is 0 Å². The van der Waals surface area contributed by atoms with Crippen molar-refractivity contribution < 1.29 is 10.2 Å². The Hall–Kier alpha value is -2.84. The number of piperazine rings is 1. The van der Waals surface area contributed by atoms with Crippen LogP contribution < -0.4 is 4.90 Å². The molecule has 0 aromatic heterocycles. The van der Waals surface area contributed by atoms with Crippen molar-refractivity contribution in [3.8, 4) is 5.75 Å². The summed E-state index contributed by atoms with van der Waals surface area (Å²) in [5, 5.41) is 35.5. The number of benzene rings is 2. The Morgan fingerprint density at radius 1 is 1.04 bits per heavy atom. The van der Waals surface area contributed by atoms with Crippen LogP contribution in [-0.4, -0.2) is 47.8 Å². The van der Waals surface area contributed by atoms with E-state index in [1.54, 1.807) is 18.2 Å². The molecule has 0 amide bonds. The molecular weight excluding hydrogens is 356 g/mol. The van der Waals surface area contributed by atoms with E-state index in [0.717, 1.165) is 31.7 Å². The molecule has 2 heterocycles. The summed E-state index contributed by atoms with van der Waals surface area (Å²) in [6.45, 7) is 6.32. The average Bonchev–Trinajstić information content (AvgIpc) is 3.24. The molecule has 2 aromatic rings. The maximum Gasteiger partial charge on any atom is 0.213 e. The fraction of sp³-hybridized carbons (Fsp3) is 0.400. The number of aliphatic hydroxyl groups excluding tert-OH is 1. The minimum Gasteiger partial charge on any atom is -0.508 e. The van der Waals surface area contributed by atoms with E-state index in [-0.39, 0.29) is 5.75 Å². The predicted molar refractivity (Wildman–Crippen MR) is 105 cm³/mol. The molecule has 2 aliphatic rings. The predicted octanol–water partition coefficient (Wildman–Crippen LogP) is 3.39. The quantitative estimate of drug-likeness (QED) is 0.831. The van der Waals surface area contributed by atoms with E-state index in [1.807, 2.05) is 0 Å². The summed E-state index contributed by atoms with van der Waals surface area (Å²) in [4.78, 5) is 4.66. The number of anilines is 1. The average molecular weight is 380 g/mol. The molecule has 0 saturated carbocycles. The van der Waals surface area contributed by atoms with E-state index in [1.165, 1.54) is 11.3 Å². The first-order valence-electron chi connectivity index (χ1n) is 9.45. The van der Waals surface area contributed by atoms with Crippen molar-refractivity contribution in [2.24, 2.45) is 20.7 Å². The first-order chi connectivity index (χ1) is 13.6.